The first-order valence-electron chi connectivity index (χ1n) is 11.1. The van der Waals surface area contributed by atoms with E-state index in [2.05, 4.69) is 10.6 Å². The third kappa shape index (κ3) is 5.31. The van der Waals surface area contributed by atoms with E-state index in [0.29, 0.717) is 35.8 Å². The highest BCUT2D eigenvalue weighted by Gasteiger charge is 2.28. The Bertz CT molecular complexity index is 1070. The summed E-state index contributed by atoms with van der Waals surface area (Å²) in [5, 5.41) is 11.7. The van der Waals surface area contributed by atoms with E-state index in [1.165, 1.54) is 5.01 Å². The number of carbonyl (C=O) groups is 2. The molecule has 0 fully saturated rings. The number of fused-ring (bicyclic) bond motifs is 1. The Labute approximate surface area is 200 Å². The van der Waals surface area contributed by atoms with Crippen LogP contribution in [0.3, 0.4) is 0 Å². The fraction of sp³-hybridized carbons (Fsp3) is 0.400. The molecule has 1 aliphatic rings. The summed E-state index contributed by atoms with van der Waals surface area (Å²) in [5.74, 6) is 0.989. The van der Waals surface area contributed by atoms with E-state index in [1.807, 2.05) is 38.1 Å². The molecule has 0 aromatic heterocycles. The lowest BCUT2D eigenvalue weighted by molar-refractivity contribution is 0.0905. The number of ether oxygens (including phenoxy) is 3. The second-order valence-electron chi connectivity index (χ2n) is 8.17. The van der Waals surface area contributed by atoms with Crippen molar-refractivity contribution in [2.24, 2.45) is 5.10 Å². The number of benzene rings is 2. The molecule has 0 radical (unpaired) electrons. The van der Waals surface area contributed by atoms with Crippen molar-refractivity contribution in [3.05, 3.63) is 58.7 Å². The van der Waals surface area contributed by atoms with Crippen LogP contribution in [0.15, 0.2) is 41.5 Å². The van der Waals surface area contributed by atoms with Gasteiger partial charge in [-0.2, -0.15) is 5.10 Å². The lowest BCUT2D eigenvalue weighted by Gasteiger charge is -2.22. The van der Waals surface area contributed by atoms with Crippen molar-refractivity contribution in [3.8, 4) is 11.5 Å². The van der Waals surface area contributed by atoms with Crippen molar-refractivity contribution in [2.75, 3.05) is 35.0 Å². The molecule has 2 aromatic rings. The standard InChI is InChI=1S/C25H32N4O5/c1-15(14-32-4)27-24(30)18-9-7-17(8-10-18)23-20-13-22(34-6)21(33-5)12-19(20)11-16(2)29(28-23)25(31)26-3/h7-10,12-13,15-16H,11,14H2,1-6H3,(H,26,31)(H,27,30). The number of amides is 3. The Morgan fingerprint density at radius 2 is 1.76 bits per heavy atom. The summed E-state index contributed by atoms with van der Waals surface area (Å²) < 4.78 is 16.1. The van der Waals surface area contributed by atoms with Gasteiger partial charge in [0, 0.05) is 36.9 Å². The second-order valence-corrected chi connectivity index (χ2v) is 8.17. The average Bonchev–Trinajstić information content (AvgIpc) is 2.98. The molecule has 3 amide bonds. The van der Waals surface area contributed by atoms with Crippen molar-refractivity contribution in [2.45, 2.75) is 32.4 Å². The van der Waals surface area contributed by atoms with Crippen LogP contribution >= 0.6 is 0 Å². The molecule has 34 heavy (non-hydrogen) atoms. The number of hydrogen-bond donors (Lipinski definition) is 2. The molecule has 9 nitrogen and oxygen atoms in total. The largest absolute Gasteiger partial charge is 0.493 e. The Hall–Kier alpha value is -3.59. The molecule has 0 spiro atoms. The number of rotatable bonds is 7. The van der Waals surface area contributed by atoms with Gasteiger partial charge in [-0.3, -0.25) is 4.79 Å². The van der Waals surface area contributed by atoms with Crippen LogP contribution in [0.2, 0.25) is 0 Å². The van der Waals surface area contributed by atoms with Crippen LogP contribution in [0.25, 0.3) is 0 Å². The maximum atomic E-state index is 12.6. The SMILES string of the molecule is CNC(=O)N1N=C(c2ccc(C(=O)NC(C)COC)cc2)c2cc(OC)c(OC)cc2CC1C. The predicted octanol–water partition coefficient (Wildman–Crippen LogP) is 2.81. The lowest BCUT2D eigenvalue weighted by atomic mass is 9.93. The fourth-order valence-electron chi connectivity index (χ4n) is 3.93. The number of nitrogens with one attached hydrogen (secondary N) is 2. The van der Waals surface area contributed by atoms with Gasteiger partial charge in [-0.15, -0.1) is 0 Å². The Balaban J connectivity index is 2.06. The highest BCUT2D eigenvalue weighted by Crippen LogP contribution is 2.34. The molecule has 2 unspecified atom stereocenters. The highest BCUT2D eigenvalue weighted by atomic mass is 16.5. The number of methoxy groups -OCH3 is 3. The molecule has 1 heterocycles. The van der Waals surface area contributed by atoms with Crippen LogP contribution < -0.4 is 20.1 Å². The minimum absolute atomic E-state index is 0.111. The van der Waals surface area contributed by atoms with Crippen LogP contribution in [0.5, 0.6) is 11.5 Å². The normalized spacial score (nSPS) is 16.0. The smallest absolute Gasteiger partial charge is 0.337 e. The van der Waals surface area contributed by atoms with Crippen molar-refractivity contribution >= 4 is 17.6 Å². The molecule has 0 aliphatic carbocycles. The first-order chi connectivity index (χ1) is 16.3. The molecule has 9 heteroatoms. The molecule has 2 atom stereocenters. The maximum Gasteiger partial charge on any atom is 0.337 e. The van der Waals surface area contributed by atoms with E-state index in [-0.39, 0.29) is 24.0 Å². The fourth-order valence-corrected chi connectivity index (χ4v) is 3.93. The van der Waals surface area contributed by atoms with Crippen LogP contribution in [0, 0.1) is 0 Å². The second kappa shape index (κ2) is 11.0. The van der Waals surface area contributed by atoms with Crippen molar-refractivity contribution in [3.63, 3.8) is 0 Å². The maximum absolute atomic E-state index is 12.6. The minimum atomic E-state index is -0.306. The Morgan fingerprint density at radius 3 is 2.35 bits per heavy atom. The Morgan fingerprint density at radius 1 is 1.12 bits per heavy atom. The molecule has 2 aromatic carbocycles. The van der Waals surface area contributed by atoms with Gasteiger partial charge < -0.3 is 24.8 Å². The highest BCUT2D eigenvalue weighted by molar-refractivity contribution is 6.15. The number of hydrazone groups is 1. The number of nitrogens with zero attached hydrogens (tertiary/aromatic N) is 2. The van der Waals surface area contributed by atoms with Gasteiger partial charge in [-0.05, 0) is 50.1 Å². The van der Waals surface area contributed by atoms with Gasteiger partial charge in [0.25, 0.3) is 5.91 Å². The van der Waals surface area contributed by atoms with Crippen LogP contribution in [0.1, 0.15) is 40.9 Å². The van der Waals surface area contributed by atoms with Gasteiger partial charge in [0.1, 0.15) is 0 Å². The summed E-state index contributed by atoms with van der Waals surface area (Å²) in [7, 11) is 6.34. The summed E-state index contributed by atoms with van der Waals surface area (Å²) >= 11 is 0. The number of hydrogen-bond acceptors (Lipinski definition) is 6. The van der Waals surface area contributed by atoms with E-state index < -0.39 is 0 Å². The van der Waals surface area contributed by atoms with Gasteiger partial charge in [-0.25, -0.2) is 9.80 Å². The molecule has 182 valence electrons. The van der Waals surface area contributed by atoms with Crippen molar-refractivity contribution in [1.82, 2.24) is 15.6 Å². The first-order valence-corrected chi connectivity index (χ1v) is 11.1. The van der Waals surface area contributed by atoms with Gasteiger partial charge in [0.15, 0.2) is 11.5 Å². The number of carbonyl (C=O) groups excluding carboxylic acids is 2. The van der Waals surface area contributed by atoms with Gasteiger partial charge in [-0.1, -0.05) is 12.1 Å². The quantitative estimate of drug-likeness (QED) is 0.651. The van der Waals surface area contributed by atoms with E-state index in [9.17, 15) is 9.59 Å². The monoisotopic (exact) mass is 468 g/mol. The van der Waals surface area contributed by atoms with Gasteiger partial charge >= 0.3 is 6.03 Å². The summed E-state index contributed by atoms with van der Waals surface area (Å²) in [5.41, 5.74) is 3.69. The predicted molar refractivity (Wildman–Crippen MR) is 130 cm³/mol. The Kier molecular flexibility index (Phi) is 8.12. The van der Waals surface area contributed by atoms with Crippen molar-refractivity contribution in [1.29, 1.82) is 0 Å². The molecular weight excluding hydrogens is 436 g/mol. The molecule has 0 saturated carbocycles. The van der Waals surface area contributed by atoms with Gasteiger partial charge in [0.2, 0.25) is 0 Å². The number of urea groups is 1. The van der Waals surface area contributed by atoms with Crippen molar-refractivity contribution < 1.29 is 23.8 Å². The molecule has 0 bridgehead atoms. The molecule has 1 aliphatic heterocycles. The van der Waals surface area contributed by atoms with E-state index in [0.717, 1.165) is 16.7 Å². The topological polar surface area (TPSA) is 101 Å². The molecular formula is C25H32N4O5. The molecule has 3 rings (SSSR count). The summed E-state index contributed by atoms with van der Waals surface area (Å²) in [6, 6.07) is 10.3. The average molecular weight is 469 g/mol. The first kappa shape index (κ1) is 25.0. The van der Waals surface area contributed by atoms with E-state index >= 15 is 0 Å². The summed E-state index contributed by atoms with van der Waals surface area (Å²) in [6.45, 7) is 4.25. The third-order valence-corrected chi connectivity index (χ3v) is 5.64. The van der Waals surface area contributed by atoms with Crippen LogP contribution in [-0.2, 0) is 11.2 Å². The molecule has 0 saturated heterocycles. The van der Waals surface area contributed by atoms with Gasteiger partial charge in [0.05, 0.1) is 32.6 Å². The van der Waals surface area contributed by atoms with E-state index in [4.69, 9.17) is 19.3 Å². The lowest BCUT2D eigenvalue weighted by Crippen LogP contribution is -2.41. The zero-order valence-corrected chi connectivity index (χ0v) is 20.5. The summed E-state index contributed by atoms with van der Waals surface area (Å²) in [6.07, 6.45) is 0.577. The molecule has 2 N–H and O–H groups in total. The zero-order chi connectivity index (χ0) is 24.8. The summed E-state index contributed by atoms with van der Waals surface area (Å²) in [4.78, 5) is 25.2. The zero-order valence-electron chi connectivity index (χ0n) is 20.5. The van der Waals surface area contributed by atoms with Crippen LogP contribution in [0.4, 0.5) is 4.79 Å². The minimum Gasteiger partial charge on any atom is -0.493 e. The third-order valence-electron chi connectivity index (χ3n) is 5.64. The van der Waals surface area contributed by atoms with Crippen LogP contribution in [-0.4, -0.2) is 69.7 Å². The van der Waals surface area contributed by atoms with E-state index in [1.54, 1.807) is 40.5 Å².